The van der Waals surface area contributed by atoms with Gasteiger partial charge in [-0.15, -0.1) is 0 Å². The van der Waals surface area contributed by atoms with Crippen molar-refractivity contribution in [2.45, 2.75) is 26.4 Å². The lowest BCUT2D eigenvalue weighted by Crippen LogP contribution is -2.28. The van der Waals surface area contributed by atoms with Crippen molar-refractivity contribution in [2.75, 3.05) is 38.6 Å². The third-order valence-corrected chi connectivity index (χ3v) is 2.98. The molecule has 1 heterocycles. The highest BCUT2D eigenvalue weighted by molar-refractivity contribution is 5.47. The Balaban J connectivity index is 2.75. The van der Waals surface area contributed by atoms with Crippen molar-refractivity contribution in [2.24, 2.45) is 0 Å². The van der Waals surface area contributed by atoms with E-state index in [1.165, 1.54) is 0 Å². The van der Waals surface area contributed by atoms with Crippen LogP contribution in [0.2, 0.25) is 0 Å². The van der Waals surface area contributed by atoms with E-state index in [9.17, 15) is 5.11 Å². The van der Waals surface area contributed by atoms with Gasteiger partial charge in [0.05, 0.1) is 6.10 Å². The minimum atomic E-state index is -0.475. The van der Waals surface area contributed by atoms with Gasteiger partial charge in [0.2, 0.25) is 0 Å². The van der Waals surface area contributed by atoms with Crippen LogP contribution in [-0.4, -0.2) is 48.7 Å². The molecule has 0 amide bonds. The van der Waals surface area contributed by atoms with Crippen LogP contribution in [0.25, 0.3) is 0 Å². The Bertz CT molecular complexity index is 353. The topological polar surface area (TPSA) is 39.6 Å². The molecule has 1 aromatic rings. The van der Waals surface area contributed by atoms with Gasteiger partial charge in [-0.2, -0.15) is 0 Å². The highest BCUT2D eigenvalue weighted by atomic mass is 16.3. The van der Waals surface area contributed by atoms with Crippen LogP contribution in [-0.2, 0) is 0 Å². The zero-order valence-electron chi connectivity index (χ0n) is 11.9. The second-order valence-corrected chi connectivity index (χ2v) is 4.83. The quantitative estimate of drug-likeness (QED) is 0.803. The van der Waals surface area contributed by atoms with Gasteiger partial charge in [0.1, 0.15) is 5.82 Å². The number of aromatic nitrogens is 1. The Morgan fingerprint density at radius 1 is 1.33 bits per heavy atom. The predicted molar refractivity (Wildman–Crippen MR) is 75.9 cm³/mol. The number of pyridine rings is 1. The molecule has 1 aromatic heterocycles. The molecule has 0 spiro atoms. The Morgan fingerprint density at radius 3 is 2.61 bits per heavy atom. The summed E-state index contributed by atoms with van der Waals surface area (Å²) in [6.45, 7) is 6.84. The Hall–Kier alpha value is -1.13. The molecule has 1 N–H and O–H groups in total. The summed E-state index contributed by atoms with van der Waals surface area (Å²) < 4.78 is 0. The minimum absolute atomic E-state index is 0.475. The van der Waals surface area contributed by atoms with Crippen LogP contribution in [0.1, 0.15) is 31.9 Å². The molecule has 1 unspecified atom stereocenters. The highest BCUT2D eigenvalue weighted by Crippen LogP contribution is 2.23. The minimum Gasteiger partial charge on any atom is -0.389 e. The van der Waals surface area contributed by atoms with Crippen molar-refractivity contribution >= 4 is 5.82 Å². The van der Waals surface area contributed by atoms with E-state index in [0.29, 0.717) is 0 Å². The number of hydrogen-bond acceptors (Lipinski definition) is 4. The molecule has 0 aliphatic heterocycles. The average Bonchev–Trinajstić information content (AvgIpc) is 2.34. The van der Waals surface area contributed by atoms with Crippen molar-refractivity contribution in [1.82, 2.24) is 9.88 Å². The summed E-state index contributed by atoms with van der Waals surface area (Å²) in [5, 5.41) is 9.79. The maximum absolute atomic E-state index is 9.79. The Labute approximate surface area is 110 Å². The molecule has 18 heavy (non-hydrogen) atoms. The largest absolute Gasteiger partial charge is 0.389 e. The second-order valence-electron chi connectivity index (χ2n) is 4.83. The second kappa shape index (κ2) is 7.34. The van der Waals surface area contributed by atoms with E-state index in [2.05, 4.69) is 35.8 Å². The summed E-state index contributed by atoms with van der Waals surface area (Å²) in [6.07, 6.45) is 2.41. The van der Waals surface area contributed by atoms with Gasteiger partial charge in [0.25, 0.3) is 0 Å². The van der Waals surface area contributed by atoms with Gasteiger partial charge < -0.3 is 14.9 Å². The maximum atomic E-state index is 9.79. The van der Waals surface area contributed by atoms with Crippen LogP contribution in [0.15, 0.2) is 18.3 Å². The number of hydrogen-bond donors (Lipinski definition) is 1. The molecular weight excluding hydrogens is 226 g/mol. The van der Waals surface area contributed by atoms with Gasteiger partial charge in [-0.05, 0) is 47.0 Å². The first-order valence-corrected chi connectivity index (χ1v) is 6.59. The van der Waals surface area contributed by atoms with Crippen LogP contribution in [0, 0.1) is 0 Å². The number of rotatable bonds is 7. The van der Waals surface area contributed by atoms with Crippen molar-refractivity contribution in [1.29, 1.82) is 0 Å². The molecule has 1 rings (SSSR count). The van der Waals surface area contributed by atoms with E-state index in [0.717, 1.165) is 37.4 Å². The van der Waals surface area contributed by atoms with Crippen molar-refractivity contribution in [3.05, 3.63) is 23.9 Å². The lowest BCUT2D eigenvalue weighted by Gasteiger charge is -2.25. The lowest BCUT2D eigenvalue weighted by atomic mass is 10.1. The van der Waals surface area contributed by atoms with Crippen LogP contribution >= 0.6 is 0 Å². The first-order chi connectivity index (χ1) is 8.56. The third kappa shape index (κ3) is 4.27. The van der Waals surface area contributed by atoms with Crippen molar-refractivity contribution in [3.8, 4) is 0 Å². The molecule has 4 heteroatoms. The number of nitrogens with zero attached hydrogens (tertiary/aromatic N) is 3. The molecule has 0 radical (unpaired) electrons. The van der Waals surface area contributed by atoms with Gasteiger partial charge in [0.15, 0.2) is 0 Å². The van der Waals surface area contributed by atoms with E-state index in [4.69, 9.17) is 0 Å². The molecule has 1 atom stereocenters. The number of aliphatic hydroxyl groups is 1. The standard InChI is InChI=1S/C14H25N3O/c1-5-17(11-7-10-16(3)4)14-13(12(2)18)8-6-9-15-14/h6,8-9,12,18H,5,7,10-11H2,1-4H3. The van der Waals surface area contributed by atoms with Crippen LogP contribution in [0.5, 0.6) is 0 Å². The average molecular weight is 251 g/mol. The van der Waals surface area contributed by atoms with E-state index in [-0.39, 0.29) is 0 Å². The molecular formula is C14H25N3O. The molecule has 0 bridgehead atoms. The van der Waals surface area contributed by atoms with Gasteiger partial charge in [0, 0.05) is 24.8 Å². The molecule has 0 fully saturated rings. The first kappa shape index (κ1) is 14.9. The molecule has 0 aliphatic carbocycles. The predicted octanol–water partition coefficient (Wildman–Crippen LogP) is 1.91. The SMILES string of the molecule is CCN(CCCN(C)C)c1ncccc1C(C)O. The van der Waals surface area contributed by atoms with Crippen molar-refractivity contribution < 1.29 is 5.11 Å². The monoisotopic (exact) mass is 251 g/mol. The third-order valence-electron chi connectivity index (χ3n) is 2.98. The smallest absolute Gasteiger partial charge is 0.134 e. The van der Waals surface area contributed by atoms with E-state index in [1.807, 2.05) is 12.1 Å². The van der Waals surface area contributed by atoms with E-state index in [1.54, 1.807) is 13.1 Å². The highest BCUT2D eigenvalue weighted by Gasteiger charge is 2.13. The Morgan fingerprint density at radius 2 is 2.06 bits per heavy atom. The van der Waals surface area contributed by atoms with Gasteiger partial charge in [-0.1, -0.05) is 6.07 Å². The molecule has 0 saturated carbocycles. The molecule has 0 saturated heterocycles. The van der Waals surface area contributed by atoms with Crippen LogP contribution < -0.4 is 4.90 Å². The normalized spacial score (nSPS) is 12.8. The van der Waals surface area contributed by atoms with Crippen LogP contribution in [0.4, 0.5) is 5.82 Å². The Kier molecular flexibility index (Phi) is 6.09. The molecule has 102 valence electrons. The number of anilines is 1. The fourth-order valence-corrected chi connectivity index (χ4v) is 1.99. The summed E-state index contributed by atoms with van der Waals surface area (Å²) in [7, 11) is 4.16. The fraction of sp³-hybridized carbons (Fsp3) is 0.643. The van der Waals surface area contributed by atoms with Crippen LogP contribution in [0.3, 0.4) is 0 Å². The van der Waals surface area contributed by atoms with Gasteiger partial charge >= 0.3 is 0 Å². The van der Waals surface area contributed by atoms with E-state index >= 15 is 0 Å². The van der Waals surface area contributed by atoms with Crippen molar-refractivity contribution in [3.63, 3.8) is 0 Å². The van der Waals surface area contributed by atoms with Gasteiger partial charge in [-0.25, -0.2) is 4.98 Å². The summed E-state index contributed by atoms with van der Waals surface area (Å²) >= 11 is 0. The fourth-order valence-electron chi connectivity index (χ4n) is 1.99. The summed E-state index contributed by atoms with van der Waals surface area (Å²) in [6, 6.07) is 3.82. The molecule has 0 aromatic carbocycles. The molecule has 4 nitrogen and oxygen atoms in total. The molecule has 0 aliphatic rings. The summed E-state index contributed by atoms with van der Waals surface area (Å²) in [4.78, 5) is 8.83. The maximum Gasteiger partial charge on any atom is 0.134 e. The first-order valence-electron chi connectivity index (χ1n) is 6.59. The number of aliphatic hydroxyl groups excluding tert-OH is 1. The van der Waals surface area contributed by atoms with E-state index < -0.39 is 6.10 Å². The summed E-state index contributed by atoms with van der Waals surface area (Å²) in [5.41, 5.74) is 0.907. The lowest BCUT2D eigenvalue weighted by molar-refractivity contribution is 0.199. The zero-order chi connectivity index (χ0) is 13.5. The van der Waals surface area contributed by atoms with Gasteiger partial charge in [-0.3, -0.25) is 0 Å². The summed E-state index contributed by atoms with van der Waals surface area (Å²) in [5.74, 6) is 0.911. The zero-order valence-corrected chi connectivity index (χ0v) is 11.9.